The number of carbonyl (C=O) groups excluding carboxylic acids is 1. The van der Waals surface area contributed by atoms with Crippen LogP contribution in [0.15, 0.2) is 66.4 Å². The molecule has 0 aliphatic carbocycles. The predicted octanol–water partition coefficient (Wildman–Crippen LogP) is 3.44. The predicted molar refractivity (Wildman–Crippen MR) is 94.4 cm³/mol. The number of benzene rings is 2. The second-order valence-corrected chi connectivity index (χ2v) is 5.09. The molecule has 0 saturated carbocycles. The Kier molecular flexibility index (Phi) is 8.98. The minimum Gasteiger partial charge on any atom is -0.512 e. The zero-order chi connectivity index (χ0) is 18.1. The van der Waals surface area contributed by atoms with E-state index in [4.69, 9.17) is 5.11 Å². The van der Waals surface area contributed by atoms with Crippen LogP contribution in [-0.2, 0) is 24.9 Å². The summed E-state index contributed by atoms with van der Waals surface area (Å²) in [6.07, 6.45) is 1.17. The number of nitrogens with zero attached hydrogens (tertiary/aromatic N) is 4. The van der Waals surface area contributed by atoms with Crippen LogP contribution in [0.1, 0.15) is 13.8 Å². The molecule has 0 saturated heterocycles. The third-order valence-electron chi connectivity index (χ3n) is 2.87. The topological polar surface area (TPSA) is 88.9 Å². The van der Waals surface area contributed by atoms with Crippen LogP contribution in [0, 0.1) is 6.07 Å². The summed E-state index contributed by atoms with van der Waals surface area (Å²) in [5.41, 5.74) is 1.69. The van der Waals surface area contributed by atoms with Gasteiger partial charge in [-0.05, 0) is 13.8 Å². The monoisotopic (exact) mass is 526 g/mol. The van der Waals surface area contributed by atoms with Crippen molar-refractivity contribution in [3.8, 4) is 22.8 Å². The van der Waals surface area contributed by atoms with Crippen LogP contribution in [-0.4, -0.2) is 31.3 Å². The number of aliphatic hydroxyl groups excluding tert-OH is 1. The molecule has 0 bridgehead atoms. The van der Waals surface area contributed by atoms with E-state index in [1.54, 1.807) is 0 Å². The Morgan fingerprint density at radius 3 is 1.96 bits per heavy atom. The van der Waals surface area contributed by atoms with Gasteiger partial charge in [0.05, 0.1) is 5.76 Å². The van der Waals surface area contributed by atoms with Gasteiger partial charge in [0, 0.05) is 31.7 Å². The fourth-order valence-electron chi connectivity index (χ4n) is 1.87. The fourth-order valence-corrected chi connectivity index (χ4v) is 1.87. The van der Waals surface area contributed by atoms with Crippen molar-refractivity contribution in [1.82, 2.24) is 20.4 Å². The minimum absolute atomic E-state index is 0. The Labute approximate surface area is 165 Å². The van der Waals surface area contributed by atoms with Crippen molar-refractivity contribution in [2.24, 2.45) is 0 Å². The van der Waals surface area contributed by atoms with Gasteiger partial charge < -0.3 is 5.11 Å². The third kappa shape index (κ3) is 7.01. The summed E-state index contributed by atoms with van der Waals surface area (Å²) in [4.78, 5) is 10.0. The number of aliphatic hydroxyl groups is 1. The molecule has 0 atom stereocenters. The number of ketones is 1. The van der Waals surface area contributed by atoms with E-state index in [9.17, 15) is 4.79 Å². The van der Waals surface area contributed by atoms with Crippen LogP contribution >= 0.6 is 0 Å². The van der Waals surface area contributed by atoms with Crippen molar-refractivity contribution in [3.05, 3.63) is 72.5 Å². The number of carbonyl (C=O) groups is 1. The average molecular weight is 526 g/mol. The van der Waals surface area contributed by atoms with Crippen LogP contribution < -0.4 is 0 Å². The van der Waals surface area contributed by atoms with Gasteiger partial charge in [-0.25, -0.2) is 0 Å². The van der Waals surface area contributed by atoms with Crippen molar-refractivity contribution < 1.29 is 30.0 Å². The Bertz CT molecular complexity index is 776. The number of hydrogen-bond acceptors (Lipinski definition) is 6. The summed E-state index contributed by atoms with van der Waals surface area (Å²) in [5, 5.41) is 24.7. The smallest absolute Gasteiger partial charge is 0.201 e. The van der Waals surface area contributed by atoms with Gasteiger partial charge >= 0.3 is 0 Å². The third-order valence-corrected chi connectivity index (χ3v) is 2.87. The maximum absolute atomic E-state index is 10.0. The first-order valence-corrected chi connectivity index (χ1v) is 7.54. The summed E-state index contributed by atoms with van der Waals surface area (Å²) in [6.45, 7) is 2.85. The molecule has 3 rings (SSSR count). The van der Waals surface area contributed by atoms with E-state index in [-0.39, 0.29) is 31.6 Å². The van der Waals surface area contributed by atoms with Gasteiger partial charge in [0.1, 0.15) is 5.82 Å². The molecular weight excluding hydrogens is 508 g/mol. The summed E-state index contributed by atoms with van der Waals surface area (Å²) >= 11 is 0. The van der Waals surface area contributed by atoms with Gasteiger partial charge in [0.25, 0.3) is 0 Å². The van der Waals surface area contributed by atoms with E-state index in [2.05, 4.69) is 26.5 Å². The first kappa shape index (κ1) is 21.3. The molecule has 1 aromatic heterocycles. The summed E-state index contributed by atoms with van der Waals surface area (Å²) in [6, 6.07) is 20.2. The first-order valence-electron chi connectivity index (χ1n) is 7.54. The van der Waals surface area contributed by atoms with E-state index in [1.165, 1.54) is 19.9 Å². The maximum Gasteiger partial charge on any atom is 0.201 e. The van der Waals surface area contributed by atoms with Crippen LogP contribution in [0.25, 0.3) is 22.8 Å². The average Bonchev–Trinajstić information content (AvgIpc) is 2.63. The molecule has 0 aliphatic heterocycles. The quantitative estimate of drug-likeness (QED) is 0.320. The Hall–Kier alpha value is -2.76. The molecule has 3 aromatic rings. The number of allylic oxidation sites excluding steroid dienone is 2. The van der Waals surface area contributed by atoms with Crippen LogP contribution in [0.2, 0.25) is 0 Å². The Morgan fingerprint density at radius 1 is 0.923 bits per heavy atom. The van der Waals surface area contributed by atoms with Crippen LogP contribution in [0.3, 0.4) is 0 Å². The van der Waals surface area contributed by atoms with Crippen LogP contribution in [0.4, 0.5) is 0 Å². The molecule has 0 aliphatic rings. The zero-order valence-corrected chi connectivity index (χ0v) is 16.6. The summed E-state index contributed by atoms with van der Waals surface area (Å²) in [5.74, 6) is 0.943. The molecule has 1 radical (unpaired) electrons. The Morgan fingerprint density at radius 2 is 1.50 bits per heavy atom. The molecule has 1 N–H and O–H groups in total. The van der Waals surface area contributed by atoms with Crippen molar-refractivity contribution in [2.75, 3.05) is 0 Å². The van der Waals surface area contributed by atoms with Crippen molar-refractivity contribution in [3.63, 3.8) is 0 Å². The molecule has 26 heavy (non-hydrogen) atoms. The molecule has 0 amide bonds. The first-order chi connectivity index (χ1) is 12.1. The number of rotatable bonds is 3. The van der Waals surface area contributed by atoms with Crippen molar-refractivity contribution >= 4 is 5.78 Å². The maximum atomic E-state index is 10.0. The summed E-state index contributed by atoms with van der Waals surface area (Å²) in [7, 11) is 0. The van der Waals surface area contributed by atoms with Gasteiger partial charge in [0.2, 0.25) is 5.82 Å². The molecule has 0 spiro atoms. The molecule has 6 nitrogen and oxygen atoms in total. The zero-order valence-electron chi connectivity index (χ0n) is 14.3. The van der Waals surface area contributed by atoms with Gasteiger partial charge in [-0.15, -0.1) is 46.1 Å². The fraction of sp³-hybridized carbons (Fsp3) is 0.105. The molecule has 0 unspecified atom stereocenters. The summed E-state index contributed by atoms with van der Waals surface area (Å²) < 4.78 is 0. The minimum atomic E-state index is -0.125. The van der Waals surface area contributed by atoms with E-state index in [1.807, 2.05) is 54.6 Å². The SMILES string of the molecule is CC(=O)/C=C(/C)O.[Ir].[c-]1ccccc1-c1nnc(-c2ccccc2)nn1. The van der Waals surface area contributed by atoms with Gasteiger partial charge in [-0.1, -0.05) is 30.3 Å². The normalized spacial score (nSPS) is 10.2. The molecule has 135 valence electrons. The standard InChI is InChI=1S/C14H9N4.C5H8O2.Ir/c1-3-7-11(8-4-1)13-15-17-14(18-16-13)12-9-5-2-6-10-12;1-4(6)3-5(2)7;/h1-9H;3,6H,1-2H3;/q-1;;/b;4-3-;. The molecule has 0 fully saturated rings. The second-order valence-electron chi connectivity index (χ2n) is 5.09. The van der Waals surface area contributed by atoms with Crippen molar-refractivity contribution in [1.29, 1.82) is 0 Å². The second kappa shape index (κ2) is 11.0. The van der Waals surface area contributed by atoms with Crippen LogP contribution in [0.5, 0.6) is 0 Å². The van der Waals surface area contributed by atoms with E-state index in [0.29, 0.717) is 11.6 Å². The molecule has 2 aromatic carbocycles. The number of aromatic nitrogens is 4. The molecular formula is C19H17IrN4O2-. The van der Waals surface area contributed by atoms with Gasteiger partial charge in [-0.2, -0.15) is 10.2 Å². The van der Waals surface area contributed by atoms with E-state index >= 15 is 0 Å². The van der Waals surface area contributed by atoms with Gasteiger partial charge in [0.15, 0.2) is 5.78 Å². The van der Waals surface area contributed by atoms with E-state index in [0.717, 1.165) is 11.1 Å². The van der Waals surface area contributed by atoms with E-state index < -0.39 is 0 Å². The Balaban J connectivity index is 0.000000366. The van der Waals surface area contributed by atoms with Crippen molar-refractivity contribution in [2.45, 2.75) is 13.8 Å². The largest absolute Gasteiger partial charge is 0.512 e. The molecule has 1 heterocycles. The van der Waals surface area contributed by atoms with Gasteiger partial charge in [-0.3, -0.25) is 4.79 Å². The molecule has 7 heteroatoms. The number of hydrogen-bond donors (Lipinski definition) is 1.